The summed E-state index contributed by atoms with van der Waals surface area (Å²) >= 11 is 19.7. The van der Waals surface area contributed by atoms with Crippen molar-refractivity contribution in [3.63, 3.8) is 0 Å². The van der Waals surface area contributed by atoms with Gasteiger partial charge in [-0.3, -0.25) is 14.7 Å². The van der Waals surface area contributed by atoms with Gasteiger partial charge in [0.05, 0.1) is 12.6 Å². The van der Waals surface area contributed by atoms with Crippen molar-refractivity contribution >= 4 is 57.3 Å². The van der Waals surface area contributed by atoms with E-state index in [1.165, 1.54) is 16.2 Å². The number of amidine groups is 1. The molecule has 3 aromatic rings. The topological polar surface area (TPSA) is 41.9 Å². The highest BCUT2D eigenvalue weighted by atomic mass is 35.5. The van der Waals surface area contributed by atoms with E-state index in [2.05, 4.69) is 0 Å². The van der Waals surface area contributed by atoms with E-state index in [0.29, 0.717) is 28.2 Å². The number of amides is 1. The number of hydrogen-bond donors (Lipinski definition) is 0. The molecule has 0 radical (unpaired) electrons. The van der Waals surface area contributed by atoms with Crippen LogP contribution in [-0.2, 0) is 0 Å². The van der Waals surface area contributed by atoms with Crippen LogP contribution in [0.25, 0.3) is 0 Å². The third-order valence-electron chi connectivity index (χ3n) is 4.81. The molecule has 0 fully saturated rings. The molecule has 1 aromatic heterocycles. The van der Waals surface area contributed by atoms with E-state index in [4.69, 9.17) is 44.5 Å². The summed E-state index contributed by atoms with van der Waals surface area (Å²) < 4.78 is 5.74. The van der Waals surface area contributed by atoms with Crippen molar-refractivity contribution in [2.75, 3.05) is 6.61 Å². The van der Waals surface area contributed by atoms with Gasteiger partial charge in [0.25, 0.3) is 0 Å². The van der Waals surface area contributed by atoms with Crippen LogP contribution in [0.3, 0.4) is 0 Å². The first-order chi connectivity index (χ1) is 14.5. The van der Waals surface area contributed by atoms with Gasteiger partial charge in [-0.15, -0.1) is 11.3 Å². The Balaban J connectivity index is 1.87. The Morgan fingerprint density at radius 1 is 1.03 bits per heavy atom. The summed E-state index contributed by atoms with van der Waals surface area (Å²) in [7, 11) is 0. The summed E-state index contributed by atoms with van der Waals surface area (Å²) in [5, 5.41) is 2.54. The average molecular weight is 480 g/mol. The second kappa shape index (κ2) is 8.98. The Labute approximate surface area is 193 Å². The fourth-order valence-electron chi connectivity index (χ4n) is 3.54. The molecular weight excluding hydrogens is 463 g/mol. The predicted molar refractivity (Wildman–Crippen MR) is 123 cm³/mol. The van der Waals surface area contributed by atoms with Gasteiger partial charge in [0, 0.05) is 10.0 Å². The number of nitrogens with zero attached hydrogens (tertiary/aromatic N) is 2. The van der Waals surface area contributed by atoms with Crippen LogP contribution in [0.5, 0.6) is 5.75 Å². The lowest BCUT2D eigenvalue weighted by Gasteiger charge is -2.27. The number of hydrogen-bond acceptors (Lipinski definition) is 4. The van der Waals surface area contributed by atoms with Crippen molar-refractivity contribution in [1.29, 1.82) is 0 Å². The first-order valence-electron chi connectivity index (χ1n) is 9.27. The van der Waals surface area contributed by atoms with Crippen molar-refractivity contribution in [2.24, 2.45) is 4.99 Å². The highest BCUT2D eigenvalue weighted by molar-refractivity contribution is 7.12. The largest absolute Gasteiger partial charge is 0.492 e. The number of thiophene rings is 1. The molecule has 1 amide bonds. The summed E-state index contributed by atoms with van der Waals surface area (Å²) in [5.41, 5.74) is 1.80. The Hall–Kier alpha value is -2.05. The van der Waals surface area contributed by atoms with Gasteiger partial charge in [-0.2, -0.15) is 0 Å². The van der Waals surface area contributed by atoms with Crippen LogP contribution in [0.1, 0.15) is 35.0 Å². The first kappa shape index (κ1) is 21.2. The molecule has 0 spiro atoms. The monoisotopic (exact) mass is 478 g/mol. The van der Waals surface area contributed by atoms with Crippen molar-refractivity contribution in [3.05, 3.63) is 86.0 Å². The normalized spacial score (nSPS) is 18.4. The molecule has 30 heavy (non-hydrogen) atoms. The number of aliphatic imine (C=N–C) groups is 1. The molecule has 0 aliphatic carbocycles. The molecule has 4 rings (SSSR count). The van der Waals surface area contributed by atoms with Crippen LogP contribution in [0.15, 0.2) is 65.0 Å². The van der Waals surface area contributed by atoms with Crippen LogP contribution < -0.4 is 4.74 Å². The molecule has 4 nitrogen and oxygen atoms in total. The summed E-state index contributed by atoms with van der Waals surface area (Å²) in [5.74, 6) is 1.17. The van der Waals surface area contributed by atoms with Crippen molar-refractivity contribution in [2.45, 2.75) is 19.0 Å². The molecule has 0 saturated carbocycles. The minimum atomic E-state index is -0.610. The molecule has 0 bridgehead atoms. The van der Waals surface area contributed by atoms with Crippen LogP contribution in [0.2, 0.25) is 10.0 Å². The van der Waals surface area contributed by atoms with Crippen LogP contribution in [-0.4, -0.2) is 22.7 Å². The van der Waals surface area contributed by atoms with E-state index in [1.54, 1.807) is 12.1 Å². The standard InChI is InChI=1S/C22H17Cl3N2O2S/c1-2-29-17-11-12-30-20(17)21-26-18(13-3-7-15(23)8-4-13)19(27(21)22(25)28)14-5-9-16(24)10-6-14/h3-12,18-19H,2H2,1H3/t18-,19+/m1/s1. The fraction of sp³-hybridized carbons (Fsp3) is 0.182. The number of halogens is 3. The SMILES string of the molecule is CCOc1ccsc1C1=N[C@H](c2ccc(Cl)cc2)[C@H](c2ccc(Cl)cc2)N1C(=O)Cl. The van der Waals surface area contributed by atoms with Gasteiger partial charge >= 0.3 is 5.37 Å². The van der Waals surface area contributed by atoms with Gasteiger partial charge in [0.2, 0.25) is 0 Å². The maximum atomic E-state index is 12.6. The van der Waals surface area contributed by atoms with Gasteiger partial charge in [-0.25, -0.2) is 0 Å². The maximum absolute atomic E-state index is 12.6. The highest BCUT2D eigenvalue weighted by Gasteiger charge is 2.43. The van der Waals surface area contributed by atoms with E-state index in [-0.39, 0.29) is 6.04 Å². The van der Waals surface area contributed by atoms with E-state index in [1.807, 2.05) is 54.8 Å². The third-order valence-corrected chi connectivity index (χ3v) is 6.39. The minimum Gasteiger partial charge on any atom is -0.492 e. The summed E-state index contributed by atoms with van der Waals surface area (Å²) in [4.78, 5) is 19.9. The van der Waals surface area contributed by atoms with Crippen LogP contribution in [0, 0.1) is 0 Å². The zero-order chi connectivity index (χ0) is 21.3. The van der Waals surface area contributed by atoms with E-state index >= 15 is 0 Å². The van der Waals surface area contributed by atoms with Crippen LogP contribution >= 0.6 is 46.1 Å². The smallest absolute Gasteiger partial charge is 0.322 e. The molecular formula is C22H17Cl3N2O2S. The molecule has 1 aliphatic heterocycles. The molecule has 154 valence electrons. The summed E-state index contributed by atoms with van der Waals surface area (Å²) in [6.07, 6.45) is 0. The predicted octanol–water partition coefficient (Wildman–Crippen LogP) is 7.36. The molecule has 1 aliphatic rings. The average Bonchev–Trinajstić information content (AvgIpc) is 3.34. The van der Waals surface area contributed by atoms with E-state index in [9.17, 15) is 4.79 Å². The Morgan fingerprint density at radius 2 is 1.63 bits per heavy atom. The number of rotatable bonds is 5. The molecule has 2 atom stereocenters. The van der Waals surface area contributed by atoms with Crippen molar-refractivity contribution in [1.82, 2.24) is 4.90 Å². The summed E-state index contributed by atoms with van der Waals surface area (Å²) in [6, 6.07) is 15.9. The lowest BCUT2D eigenvalue weighted by Crippen LogP contribution is -2.34. The number of ether oxygens (including phenoxy) is 1. The zero-order valence-electron chi connectivity index (χ0n) is 15.9. The van der Waals surface area contributed by atoms with E-state index < -0.39 is 11.4 Å². The lowest BCUT2D eigenvalue weighted by atomic mass is 9.94. The zero-order valence-corrected chi connectivity index (χ0v) is 19.0. The maximum Gasteiger partial charge on any atom is 0.322 e. The molecule has 8 heteroatoms. The molecule has 0 unspecified atom stereocenters. The van der Waals surface area contributed by atoms with Gasteiger partial charge in [0.1, 0.15) is 16.7 Å². The summed E-state index contributed by atoms with van der Waals surface area (Å²) in [6.45, 7) is 2.42. The first-order valence-corrected chi connectivity index (χ1v) is 11.3. The fourth-order valence-corrected chi connectivity index (χ4v) is 4.80. The molecule has 0 N–H and O–H groups in total. The molecule has 2 heterocycles. The van der Waals surface area contributed by atoms with Gasteiger partial charge in [-0.05, 0) is 65.4 Å². The van der Waals surface area contributed by atoms with Crippen LogP contribution in [0.4, 0.5) is 4.79 Å². The van der Waals surface area contributed by atoms with Crippen molar-refractivity contribution in [3.8, 4) is 5.75 Å². The Bertz CT molecular complexity index is 1080. The van der Waals surface area contributed by atoms with Gasteiger partial charge < -0.3 is 4.74 Å². The molecule has 2 aromatic carbocycles. The minimum absolute atomic E-state index is 0.363. The molecule has 0 saturated heterocycles. The van der Waals surface area contributed by atoms with Gasteiger partial charge in [-0.1, -0.05) is 47.5 Å². The number of carbonyl (C=O) groups is 1. The Morgan fingerprint density at radius 3 is 2.20 bits per heavy atom. The lowest BCUT2D eigenvalue weighted by molar-refractivity contribution is 0.231. The number of benzene rings is 2. The Kier molecular flexibility index (Phi) is 6.34. The third kappa shape index (κ3) is 4.08. The highest BCUT2D eigenvalue weighted by Crippen LogP contribution is 2.46. The quantitative estimate of drug-likeness (QED) is 0.283. The van der Waals surface area contributed by atoms with Gasteiger partial charge in [0.15, 0.2) is 5.84 Å². The van der Waals surface area contributed by atoms with E-state index in [0.717, 1.165) is 16.0 Å². The second-order valence-corrected chi connectivity index (χ2v) is 8.73. The second-order valence-electron chi connectivity index (χ2n) is 6.62. The van der Waals surface area contributed by atoms with Crippen molar-refractivity contribution < 1.29 is 9.53 Å². The number of carbonyl (C=O) groups excluding carboxylic acids is 1.